The van der Waals surface area contributed by atoms with Crippen LogP contribution in [0.5, 0.6) is 0 Å². The number of nitrogen functional groups attached to an aromatic ring is 1. The number of aromatic nitrogens is 6. The first-order valence-corrected chi connectivity index (χ1v) is 10.7. The fourth-order valence-electron chi connectivity index (χ4n) is 4.28. The summed E-state index contributed by atoms with van der Waals surface area (Å²) in [7, 11) is 3.88. The molecule has 32 heavy (non-hydrogen) atoms. The second-order valence-corrected chi connectivity index (χ2v) is 8.78. The quantitative estimate of drug-likeness (QED) is 0.374. The number of nitrogens with two attached hydrogens (primary N) is 1. The Morgan fingerprint density at radius 2 is 1.72 bits per heavy atom. The number of aryl methyl sites for hydroxylation is 2. The van der Waals surface area contributed by atoms with E-state index < -0.39 is 0 Å². The molecule has 0 saturated carbocycles. The molecule has 6 rings (SSSR count). The topological polar surface area (TPSA) is 79.0 Å². The summed E-state index contributed by atoms with van der Waals surface area (Å²) in [5.41, 5.74) is 11.9. The highest BCUT2D eigenvalue weighted by Crippen LogP contribution is 2.34. The first-order chi connectivity index (χ1) is 15.4. The van der Waals surface area contributed by atoms with Gasteiger partial charge in [0.2, 0.25) is 0 Å². The number of nitrogens with zero attached hydrogens (tertiary/aromatic N) is 6. The second-order valence-electron chi connectivity index (χ2n) is 7.86. The van der Waals surface area contributed by atoms with E-state index in [1.807, 2.05) is 53.8 Å². The molecule has 0 saturated heterocycles. The van der Waals surface area contributed by atoms with Crippen LogP contribution in [0.3, 0.4) is 0 Å². The Hall–Kier alpha value is -3.72. The van der Waals surface area contributed by atoms with Crippen LogP contribution in [0.2, 0.25) is 0 Å². The average molecular weight is 490 g/mol. The summed E-state index contributed by atoms with van der Waals surface area (Å²) >= 11 is 3.50. The Morgan fingerprint density at radius 1 is 0.938 bits per heavy atom. The van der Waals surface area contributed by atoms with Gasteiger partial charge in [0.1, 0.15) is 17.3 Å². The standard InChI is InChI=1S/C23H17BrFN7/c1-30-10-16(14-6-13(25)3-4-20(14)30)19-8-22-28-18(7-21(26)32(22)29-19)17-11-31(2)23-15(17)5-12(24)9-27-23/h3-11H,26H2,1-2H3. The summed E-state index contributed by atoms with van der Waals surface area (Å²) in [6.45, 7) is 0. The Kier molecular flexibility index (Phi) is 3.94. The highest BCUT2D eigenvalue weighted by Gasteiger charge is 2.17. The van der Waals surface area contributed by atoms with Crippen LogP contribution in [0.1, 0.15) is 0 Å². The van der Waals surface area contributed by atoms with Crippen LogP contribution in [0, 0.1) is 5.82 Å². The first-order valence-electron chi connectivity index (χ1n) is 9.91. The summed E-state index contributed by atoms with van der Waals surface area (Å²) in [4.78, 5) is 9.33. The third-order valence-corrected chi connectivity index (χ3v) is 6.17. The lowest BCUT2D eigenvalue weighted by atomic mass is 10.1. The Bertz CT molecular complexity index is 1690. The summed E-state index contributed by atoms with van der Waals surface area (Å²) in [6.07, 6.45) is 5.71. The van der Waals surface area contributed by atoms with Gasteiger partial charge in [0, 0.05) is 76.7 Å². The zero-order valence-corrected chi connectivity index (χ0v) is 18.8. The number of anilines is 1. The second kappa shape index (κ2) is 6.64. The van der Waals surface area contributed by atoms with Gasteiger partial charge < -0.3 is 14.9 Å². The number of rotatable bonds is 2. The fourth-order valence-corrected chi connectivity index (χ4v) is 4.61. The molecule has 6 aromatic rings. The van der Waals surface area contributed by atoms with E-state index >= 15 is 0 Å². The van der Waals surface area contributed by atoms with Gasteiger partial charge in [-0.3, -0.25) is 0 Å². The number of pyridine rings is 1. The summed E-state index contributed by atoms with van der Waals surface area (Å²) in [6, 6.07) is 10.4. The molecule has 0 unspecified atom stereocenters. The molecular weight excluding hydrogens is 473 g/mol. The van der Waals surface area contributed by atoms with Crippen molar-refractivity contribution in [3.63, 3.8) is 0 Å². The number of halogens is 2. The molecule has 2 N–H and O–H groups in total. The minimum Gasteiger partial charge on any atom is -0.384 e. The van der Waals surface area contributed by atoms with Crippen molar-refractivity contribution >= 4 is 49.3 Å². The molecule has 0 aliphatic rings. The van der Waals surface area contributed by atoms with Crippen LogP contribution in [0.4, 0.5) is 10.2 Å². The molecule has 0 radical (unpaired) electrons. The molecule has 0 aliphatic heterocycles. The van der Waals surface area contributed by atoms with E-state index in [9.17, 15) is 4.39 Å². The molecule has 5 aromatic heterocycles. The zero-order chi connectivity index (χ0) is 22.1. The molecule has 0 spiro atoms. The number of fused-ring (bicyclic) bond motifs is 3. The van der Waals surface area contributed by atoms with Gasteiger partial charge in [-0.2, -0.15) is 9.61 Å². The van der Waals surface area contributed by atoms with Crippen LogP contribution in [-0.4, -0.2) is 28.7 Å². The largest absolute Gasteiger partial charge is 0.384 e. The SMILES string of the molecule is Cn1cc(-c2cc3nc(-c4cn(C)c5ncc(Br)cc45)cc(N)n3n2)c2cc(F)ccc21. The van der Waals surface area contributed by atoms with Crippen molar-refractivity contribution in [1.29, 1.82) is 0 Å². The van der Waals surface area contributed by atoms with Gasteiger partial charge in [-0.05, 0) is 40.2 Å². The van der Waals surface area contributed by atoms with Crippen molar-refractivity contribution in [1.82, 2.24) is 28.7 Å². The third-order valence-electron chi connectivity index (χ3n) is 5.74. The number of hydrogen-bond acceptors (Lipinski definition) is 4. The highest BCUT2D eigenvalue weighted by atomic mass is 79.9. The third kappa shape index (κ3) is 2.74. The molecule has 0 aliphatic carbocycles. The molecule has 1 aromatic carbocycles. The van der Waals surface area contributed by atoms with Crippen LogP contribution < -0.4 is 5.73 Å². The maximum atomic E-state index is 13.9. The van der Waals surface area contributed by atoms with Gasteiger partial charge >= 0.3 is 0 Å². The molecule has 0 atom stereocenters. The molecule has 0 bridgehead atoms. The van der Waals surface area contributed by atoms with Gasteiger partial charge in [0.25, 0.3) is 0 Å². The van der Waals surface area contributed by atoms with Crippen molar-refractivity contribution in [2.75, 3.05) is 5.73 Å². The van der Waals surface area contributed by atoms with E-state index in [2.05, 4.69) is 26.0 Å². The zero-order valence-electron chi connectivity index (χ0n) is 17.2. The van der Waals surface area contributed by atoms with Gasteiger partial charge in [-0.1, -0.05) is 0 Å². The fraction of sp³-hybridized carbons (Fsp3) is 0.0870. The molecule has 5 heterocycles. The summed E-state index contributed by atoms with van der Waals surface area (Å²) < 4.78 is 20.3. The van der Waals surface area contributed by atoms with Crippen molar-refractivity contribution in [3.8, 4) is 22.5 Å². The maximum Gasteiger partial charge on any atom is 0.158 e. The maximum absolute atomic E-state index is 13.9. The van der Waals surface area contributed by atoms with Crippen molar-refractivity contribution in [2.45, 2.75) is 0 Å². The van der Waals surface area contributed by atoms with Crippen molar-refractivity contribution in [3.05, 3.63) is 65.3 Å². The van der Waals surface area contributed by atoms with E-state index in [0.717, 1.165) is 43.2 Å². The normalized spacial score (nSPS) is 11.9. The van der Waals surface area contributed by atoms with E-state index in [-0.39, 0.29) is 5.82 Å². The smallest absolute Gasteiger partial charge is 0.158 e. The van der Waals surface area contributed by atoms with Gasteiger partial charge in [-0.25, -0.2) is 14.4 Å². The number of benzene rings is 1. The molecule has 9 heteroatoms. The van der Waals surface area contributed by atoms with E-state index in [0.29, 0.717) is 17.2 Å². The first kappa shape index (κ1) is 19.0. The lowest BCUT2D eigenvalue weighted by Gasteiger charge is -2.03. The van der Waals surface area contributed by atoms with E-state index in [1.54, 1.807) is 16.8 Å². The monoisotopic (exact) mass is 489 g/mol. The molecule has 158 valence electrons. The summed E-state index contributed by atoms with van der Waals surface area (Å²) in [5.74, 6) is 0.173. The molecule has 0 fully saturated rings. The minimum atomic E-state index is -0.288. The van der Waals surface area contributed by atoms with Crippen molar-refractivity contribution in [2.24, 2.45) is 14.1 Å². The Labute approximate surface area is 190 Å². The number of hydrogen-bond donors (Lipinski definition) is 1. The van der Waals surface area contributed by atoms with Crippen LogP contribution in [0.25, 0.3) is 50.1 Å². The van der Waals surface area contributed by atoms with Gasteiger partial charge in [-0.15, -0.1) is 0 Å². The highest BCUT2D eigenvalue weighted by molar-refractivity contribution is 9.10. The molecule has 0 amide bonds. The average Bonchev–Trinajstić information content (AvgIpc) is 3.42. The lowest BCUT2D eigenvalue weighted by Crippen LogP contribution is -2.01. The lowest BCUT2D eigenvalue weighted by molar-refractivity contribution is 0.629. The predicted octanol–water partition coefficient (Wildman–Crippen LogP) is 4.93. The molecule has 7 nitrogen and oxygen atoms in total. The van der Waals surface area contributed by atoms with Crippen LogP contribution in [-0.2, 0) is 14.1 Å². The van der Waals surface area contributed by atoms with Gasteiger partial charge in [0.15, 0.2) is 5.65 Å². The Morgan fingerprint density at radius 3 is 2.56 bits per heavy atom. The predicted molar refractivity (Wildman–Crippen MR) is 127 cm³/mol. The van der Waals surface area contributed by atoms with Crippen LogP contribution in [0.15, 0.2) is 59.5 Å². The van der Waals surface area contributed by atoms with Crippen molar-refractivity contribution < 1.29 is 4.39 Å². The molecular formula is C23H17BrFN7. The minimum absolute atomic E-state index is 0.288. The van der Waals surface area contributed by atoms with E-state index in [4.69, 9.17) is 10.7 Å². The van der Waals surface area contributed by atoms with Gasteiger partial charge in [0.05, 0.1) is 11.4 Å². The van der Waals surface area contributed by atoms with Crippen LogP contribution >= 0.6 is 15.9 Å². The Balaban J connectivity index is 1.56. The summed E-state index contributed by atoms with van der Waals surface area (Å²) in [5, 5.41) is 6.43. The van der Waals surface area contributed by atoms with E-state index in [1.165, 1.54) is 12.1 Å².